The van der Waals surface area contributed by atoms with E-state index in [0.717, 1.165) is 18.4 Å². The highest BCUT2D eigenvalue weighted by molar-refractivity contribution is 7.71. The zero-order valence-electron chi connectivity index (χ0n) is 11.3. The van der Waals surface area contributed by atoms with Gasteiger partial charge in [0.2, 0.25) is 5.91 Å². The second-order valence-corrected chi connectivity index (χ2v) is 5.42. The number of rotatable bonds is 5. The molecule has 0 spiro atoms. The molecule has 7 heteroatoms. The maximum Gasteiger partial charge on any atom is 0.266 e. The van der Waals surface area contributed by atoms with Crippen LogP contribution in [0.25, 0.3) is 11.1 Å². The third-order valence-electron chi connectivity index (χ3n) is 3.34. The molecule has 1 aliphatic carbocycles. The average molecular weight is 305 g/mol. The fraction of sp³-hybridized carbons (Fsp3) is 0.357. The van der Waals surface area contributed by atoms with Gasteiger partial charge in [0.05, 0.1) is 5.52 Å². The molecule has 0 atom stereocenters. The van der Waals surface area contributed by atoms with Crippen molar-refractivity contribution in [1.29, 1.82) is 0 Å². The summed E-state index contributed by atoms with van der Waals surface area (Å²) in [6.45, 7) is 0.833. The van der Waals surface area contributed by atoms with E-state index in [2.05, 4.69) is 15.6 Å². The number of benzene rings is 1. The molecule has 0 unspecified atom stereocenters. The summed E-state index contributed by atoms with van der Waals surface area (Å²) in [5.41, 5.74) is 1.80. The Morgan fingerprint density at radius 1 is 1.29 bits per heavy atom. The first-order valence-electron chi connectivity index (χ1n) is 6.82. The number of H-pyrrole nitrogens is 1. The molecule has 1 aliphatic rings. The van der Waals surface area contributed by atoms with Gasteiger partial charge in [0, 0.05) is 24.6 Å². The summed E-state index contributed by atoms with van der Waals surface area (Å²) >= 11 is 4.90. The Morgan fingerprint density at radius 2 is 2.05 bits per heavy atom. The Hall–Kier alpha value is -2.15. The predicted molar refractivity (Wildman–Crippen MR) is 79.5 cm³/mol. The van der Waals surface area contributed by atoms with Crippen molar-refractivity contribution in [3.63, 3.8) is 0 Å². The largest absolute Gasteiger partial charge is 0.429 e. The number of hydrogen-bond donors (Lipinski definition) is 3. The van der Waals surface area contributed by atoms with Crippen LogP contribution in [-0.2, 0) is 4.79 Å². The molecule has 1 aromatic carbocycles. The van der Waals surface area contributed by atoms with Crippen molar-refractivity contribution < 1.29 is 14.0 Å². The first-order chi connectivity index (χ1) is 10.1. The topological polar surface area (TPSA) is 87.1 Å². The average Bonchev–Trinajstić information content (AvgIpc) is 3.24. The van der Waals surface area contributed by atoms with Gasteiger partial charge in [-0.2, -0.15) is 0 Å². The first-order valence-corrected chi connectivity index (χ1v) is 7.23. The fourth-order valence-corrected chi connectivity index (χ4v) is 2.24. The van der Waals surface area contributed by atoms with E-state index in [1.54, 1.807) is 18.2 Å². The molecule has 0 saturated heterocycles. The molecule has 0 aliphatic heterocycles. The van der Waals surface area contributed by atoms with Crippen LogP contribution in [0.15, 0.2) is 22.6 Å². The van der Waals surface area contributed by atoms with Gasteiger partial charge in [-0.3, -0.25) is 9.59 Å². The van der Waals surface area contributed by atoms with Crippen LogP contribution in [0.1, 0.15) is 23.2 Å². The maximum atomic E-state index is 12.0. The van der Waals surface area contributed by atoms with Gasteiger partial charge in [0.1, 0.15) is 0 Å². The summed E-state index contributed by atoms with van der Waals surface area (Å²) in [6, 6.07) is 5.08. The van der Waals surface area contributed by atoms with Crippen LogP contribution < -0.4 is 10.6 Å². The smallest absolute Gasteiger partial charge is 0.266 e. The van der Waals surface area contributed by atoms with Crippen molar-refractivity contribution in [3.8, 4) is 0 Å². The molecule has 2 aromatic rings. The number of aromatic nitrogens is 1. The fourth-order valence-electron chi connectivity index (χ4n) is 2.04. The normalized spacial score (nSPS) is 14.1. The third kappa shape index (κ3) is 3.30. The van der Waals surface area contributed by atoms with Gasteiger partial charge in [0.25, 0.3) is 10.7 Å². The van der Waals surface area contributed by atoms with Crippen molar-refractivity contribution in [3.05, 3.63) is 28.6 Å². The molecular weight excluding hydrogens is 290 g/mol. The lowest BCUT2D eigenvalue weighted by Crippen LogP contribution is -2.35. The van der Waals surface area contributed by atoms with Crippen molar-refractivity contribution in [1.82, 2.24) is 15.6 Å². The highest BCUT2D eigenvalue weighted by atomic mass is 32.1. The number of fused-ring (bicyclic) bond motifs is 1. The predicted octanol–water partition coefficient (Wildman–Crippen LogP) is 1.75. The number of amides is 2. The molecule has 0 bridgehead atoms. The zero-order valence-corrected chi connectivity index (χ0v) is 12.1. The lowest BCUT2D eigenvalue weighted by molar-refractivity contribution is -0.122. The molecule has 1 saturated carbocycles. The van der Waals surface area contributed by atoms with E-state index in [4.69, 9.17) is 16.6 Å². The molecule has 3 N–H and O–H groups in total. The summed E-state index contributed by atoms with van der Waals surface area (Å²) in [7, 11) is 0. The summed E-state index contributed by atoms with van der Waals surface area (Å²) < 4.78 is 5.27. The SMILES string of the molecule is O=C(NCCNC(=O)C1CC1)c1ccc2[nH]c(=S)oc2c1. The number of oxazole rings is 1. The Labute approximate surface area is 125 Å². The highest BCUT2D eigenvalue weighted by Gasteiger charge is 2.28. The van der Waals surface area contributed by atoms with Gasteiger partial charge in [-0.05, 0) is 43.3 Å². The Balaban J connectivity index is 1.53. The van der Waals surface area contributed by atoms with Crippen LogP contribution in [0.2, 0.25) is 0 Å². The molecule has 1 aromatic heterocycles. The van der Waals surface area contributed by atoms with Crippen molar-refractivity contribution in [2.45, 2.75) is 12.8 Å². The van der Waals surface area contributed by atoms with E-state index in [9.17, 15) is 9.59 Å². The molecule has 6 nitrogen and oxygen atoms in total. The van der Waals surface area contributed by atoms with Gasteiger partial charge < -0.3 is 20.0 Å². The van der Waals surface area contributed by atoms with Crippen LogP contribution in [0, 0.1) is 10.8 Å². The molecule has 110 valence electrons. The Bertz CT molecular complexity index is 745. The third-order valence-corrected chi connectivity index (χ3v) is 3.53. The monoisotopic (exact) mass is 305 g/mol. The lowest BCUT2D eigenvalue weighted by atomic mass is 10.2. The van der Waals surface area contributed by atoms with Gasteiger partial charge in [-0.1, -0.05) is 0 Å². The minimum atomic E-state index is -0.208. The first kappa shape index (κ1) is 13.8. The van der Waals surface area contributed by atoms with Crippen molar-refractivity contribution in [2.75, 3.05) is 13.1 Å². The molecule has 3 rings (SSSR count). The summed E-state index contributed by atoms with van der Waals surface area (Å²) in [4.78, 5) is 26.6. The van der Waals surface area contributed by atoms with E-state index in [1.807, 2.05) is 0 Å². The van der Waals surface area contributed by atoms with Crippen molar-refractivity contribution in [2.24, 2.45) is 5.92 Å². The highest BCUT2D eigenvalue weighted by Crippen LogP contribution is 2.28. The van der Waals surface area contributed by atoms with E-state index in [1.165, 1.54) is 0 Å². The lowest BCUT2D eigenvalue weighted by Gasteiger charge is -2.06. The second kappa shape index (κ2) is 5.69. The number of nitrogens with one attached hydrogen (secondary N) is 3. The van der Waals surface area contributed by atoms with Gasteiger partial charge in [-0.15, -0.1) is 0 Å². The van der Waals surface area contributed by atoms with E-state index >= 15 is 0 Å². The molecular formula is C14H15N3O3S. The molecule has 1 heterocycles. The van der Waals surface area contributed by atoms with Crippen LogP contribution in [0.3, 0.4) is 0 Å². The number of carbonyl (C=O) groups is 2. The molecule has 0 radical (unpaired) electrons. The quantitative estimate of drug-likeness (QED) is 0.580. The summed E-state index contributed by atoms with van der Waals surface area (Å²) in [5, 5.41) is 5.55. The van der Waals surface area contributed by atoms with E-state index < -0.39 is 0 Å². The zero-order chi connectivity index (χ0) is 14.8. The number of carbonyl (C=O) groups excluding carboxylic acids is 2. The number of aromatic amines is 1. The van der Waals surface area contributed by atoms with Gasteiger partial charge in [-0.25, -0.2) is 0 Å². The second-order valence-electron chi connectivity index (χ2n) is 5.05. The summed E-state index contributed by atoms with van der Waals surface area (Å²) in [5.74, 6) is 0.0561. The van der Waals surface area contributed by atoms with Crippen LogP contribution in [-0.4, -0.2) is 29.9 Å². The Kier molecular flexibility index (Phi) is 3.74. The minimum absolute atomic E-state index is 0.0785. The Morgan fingerprint density at radius 3 is 2.81 bits per heavy atom. The standard InChI is InChI=1S/C14H15N3O3S/c18-12(8-1-2-8)15-5-6-16-13(19)9-3-4-10-11(7-9)20-14(21)17-10/h3-4,7-8H,1-2,5-6H2,(H,15,18)(H,16,19)(H,17,21). The maximum absolute atomic E-state index is 12.0. The van der Waals surface area contributed by atoms with Gasteiger partial charge >= 0.3 is 0 Å². The van der Waals surface area contributed by atoms with Crippen LogP contribution in [0.5, 0.6) is 0 Å². The molecule has 2 amide bonds. The van der Waals surface area contributed by atoms with E-state index in [0.29, 0.717) is 24.2 Å². The van der Waals surface area contributed by atoms with Crippen LogP contribution in [0.4, 0.5) is 0 Å². The summed E-state index contributed by atoms with van der Waals surface area (Å²) in [6.07, 6.45) is 1.95. The van der Waals surface area contributed by atoms with Crippen LogP contribution >= 0.6 is 12.2 Å². The van der Waals surface area contributed by atoms with Gasteiger partial charge in [0.15, 0.2) is 5.58 Å². The van der Waals surface area contributed by atoms with E-state index in [-0.39, 0.29) is 22.6 Å². The number of hydrogen-bond acceptors (Lipinski definition) is 4. The minimum Gasteiger partial charge on any atom is -0.429 e. The van der Waals surface area contributed by atoms with Crippen molar-refractivity contribution >= 4 is 35.1 Å². The molecule has 1 fully saturated rings. The molecule has 21 heavy (non-hydrogen) atoms.